The largest absolute Gasteiger partial charge is 0.332 e. The minimum atomic E-state index is -0.949. The van der Waals surface area contributed by atoms with Crippen molar-refractivity contribution in [1.82, 2.24) is 25.2 Å². The van der Waals surface area contributed by atoms with Crippen LogP contribution >= 0.6 is 0 Å². The normalized spacial score (nSPS) is 13.4. The number of nitrogens with one attached hydrogen (secondary N) is 2. The Bertz CT molecular complexity index is 911. The number of nitrogens with zero attached hydrogens (tertiary/aromatic N) is 3. The molecule has 2 unspecified atom stereocenters. The third-order valence-corrected chi connectivity index (χ3v) is 3.87. The Morgan fingerprint density at radius 2 is 1.80 bits per heavy atom. The lowest BCUT2D eigenvalue weighted by Crippen LogP contribution is -2.39. The number of urea groups is 1. The highest BCUT2D eigenvalue weighted by Gasteiger charge is 2.17. The van der Waals surface area contributed by atoms with E-state index in [2.05, 4.69) is 20.8 Å². The zero-order chi connectivity index (χ0) is 18.0. The summed E-state index contributed by atoms with van der Waals surface area (Å²) < 4.78 is 28.1. The van der Waals surface area contributed by atoms with Crippen molar-refractivity contribution in [3.63, 3.8) is 0 Å². The summed E-state index contributed by atoms with van der Waals surface area (Å²) in [5.74, 6) is -1.28. The Morgan fingerprint density at radius 3 is 2.56 bits per heavy atom. The number of rotatable bonds is 4. The Balaban J connectivity index is 1.66. The molecule has 0 fully saturated rings. The number of fused-ring (bicyclic) bond motifs is 1. The van der Waals surface area contributed by atoms with E-state index >= 15 is 0 Å². The van der Waals surface area contributed by atoms with Gasteiger partial charge in [-0.05, 0) is 43.7 Å². The summed E-state index contributed by atoms with van der Waals surface area (Å²) in [5, 5.41) is 13.6. The standard InChI is InChI=1S/C17H17F2N5O/c1-10(12-6-7-13(18)14(19)9-12)20-17(25)21-11(2)16-23-22-15-5-3-4-8-24(15)16/h3-11H,1-2H3,(H2,20,21,25). The molecule has 25 heavy (non-hydrogen) atoms. The zero-order valence-corrected chi connectivity index (χ0v) is 13.7. The number of hydrogen-bond donors (Lipinski definition) is 2. The van der Waals surface area contributed by atoms with Crippen molar-refractivity contribution in [3.05, 3.63) is 65.6 Å². The van der Waals surface area contributed by atoms with Gasteiger partial charge in [-0.15, -0.1) is 10.2 Å². The summed E-state index contributed by atoms with van der Waals surface area (Å²) in [5.41, 5.74) is 1.15. The van der Waals surface area contributed by atoms with E-state index in [1.54, 1.807) is 18.2 Å². The van der Waals surface area contributed by atoms with Gasteiger partial charge in [-0.25, -0.2) is 13.6 Å². The van der Waals surface area contributed by atoms with E-state index in [-0.39, 0.29) is 0 Å². The molecule has 0 saturated heterocycles. The fraction of sp³-hybridized carbons (Fsp3) is 0.235. The summed E-state index contributed by atoms with van der Waals surface area (Å²) in [6, 6.07) is 7.71. The number of carbonyl (C=O) groups excluding carboxylic acids is 1. The molecule has 2 N–H and O–H groups in total. The number of halogens is 2. The van der Waals surface area contributed by atoms with E-state index in [0.717, 1.165) is 12.1 Å². The Hall–Kier alpha value is -3.03. The maximum Gasteiger partial charge on any atom is 0.315 e. The molecule has 0 aliphatic rings. The molecular weight excluding hydrogens is 328 g/mol. The van der Waals surface area contributed by atoms with E-state index < -0.39 is 29.7 Å². The van der Waals surface area contributed by atoms with Crippen LogP contribution in [0.4, 0.5) is 13.6 Å². The highest BCUT2D eigenvalue weighted by Crippen LogP contribution is 2.16. The van der Waals surface area contributed by atoms with Gasteiger partial charge < -0.3 is 10.6 Å². The van der Waals surface area contributed by atoms with Gasteiger partial charge in [0.1, 0.15) is 0 Å². The molecule has 2 aromatic heterocycles. The van der Waals surface area contributed by atoms with Crippen LogP contribution in [-0.4, -0.2) is 20.6 Å². The molecule has 0 saturated carbocycles. The Kier molecular flexibility index (Phi) is 4.60. The number of hydrogen-bond acceptors (Lipinski definition) is 3. The van der Waals surface area contributed by atoms with Gasteiger partial charge in [0.05, 0.1) is 12.1 Å². The molecule has 130 valence electrons. The third-order valence-electron chi connectivity index (χ3n) is 3.87. The van der Waals surface area contributed by atoms with Crippen LogP contribution in [0, 0.1) is 11.6 Å². The molecule has 8 heteroatoms. The molecule has 3 aromatic rings. The lowest BCUT2D eigenvalue weighted by atomic mass is 10.1. The maximum absolute atomic E-state index is 13.3. The third kappa shape index (κ3) is 3.57. The van der Waals surface area contributed by atoms with Gasteiger partial charge in [-0.3, -0.25) is 4.40 Å². The molecular formula is C17H17F2N5O. The van der Waals surface area contributed by atoms with Crippen LogP contribution in [-0.2, 0) is 0 Å². The van der Waals surface area contributed by atoms with Crippen LogP contribution in [0.1, 0.15) is 37.3 Å². The second kappa shape index (κ2) is 6.84. The topological polar surface area (TPSA) is 71.3 Å². The predicted octanol–water partition coefficient (Wildman–Crippen LogP) is 3.13. The molecule has 0 bridgehead atoms. The van der Waals surface area contributed by atoms with Crippen molar-refractivity contribution < 1.29 is 13.6 Å². The van der Waals surface area contributed by atoms with E-state index in [0.29, 0.717) is 17.0 Å². The first-order valence-corrected chi connectivity index (χ1v) is 7.77. The first-order valence-electron chi connectivity index (χ1n) is 7.77. The van der Waals surface area contributed by atoms with E-state index in [4.69, 9.17) is 0 Å². The molecule has 3 rings (SSSR count). The average molecular weight is 345 g/mol. The first-order chi connectivity index (χ1) is 12.0. The van der Waals surface area contributed by atoms with Crippen molar-refractivity contribution in [2.45, 2.75) is 25.9 Å². The number of pyridine rings is 1. The molecule has 2 amide bonds. The van der Waals surface area contributed by atoms with Crippen LogP contribution in [0.2, 0.25) is 0 Å². The lowest BCUT2D eigenvalue weighted by molar-refractivity contribution is 0.234. The molecule has 0 aliphatic carbocycles. The maximum atomic E-state index is 13.3. The number of aromatic nitrogens is 3. The first kappa shape index (κ1) is 16.8. The highest BCUT2D eigenvalue weighted by molar-refractivity contribution is 5.74. The Morgan fingerprint density at radius 1 is 1.04 bits per heavy atom. The van der Waals surface area contributed by atoms with Crippen LogP contribution in [0.5, 0.6) is 0 Å². The smallest absolute Gasteiger partial charge is 0.315 e. The zero-order valence-electron chi connectivity index (χ0n) is 13.7. The summed E-state index contributed by atoms with van der Waals surface area (Å²) in [4.78, 5) is 12.2. The van der Waals surface area contributed by atoms with E-state index in [9.17, 15) is 13.6 Å². The van der Waals surface area contributed by atoms with Crippen LogP contribution in [0.15, 0.2) is 42.6 Å². The fourth-order valence-corrected chi connectivity index (χ4v) is 2.52. The summed E-state index contributed by atoms with van der Waals surface area (Å²) in [6.45, 7) is 3.47. The minimum absolute atomic E-state index is 0.394. The molecule has 2 atom stereocenters. The van der Waals surface area contributed by atoms with Gasteiger partial charge in [0.2, 0.25) is 0 Å². The van der Waals surface area contributed by atoms with Gasteiger partial charge in [0.25, 0.3) is 0 Å². The number of amides is 2. The Labute approximate surface area is 142 Å². The van der Waals surface area contributed by atoms with Crippen LogP contribution in [0.3, 0.4) is 0 Å². The van der Waals surface area contributed by atoms with Crippen molar-refractivity contribution in [1.29, 1.82) is 0 Å². The monoisotopic (exact) mass is 345 g/mol. The lowest BCUT2D eigenvalue weighted by Gasteiger charge is -2.18. The number of carbonyl (C=O) groups is 1. The molecule has 0 spiro atoms. The molecule has 6 nitrogen and oxygen atoms in total. The van der Waals surface area contributed by atoms with Gasteiger partial charge >= 0.3 is 6.03 Å². The van der Waals surface area contributed by atoms with Crippen molar-refractivity contribution in [2.24, 2.45) is 0 Å². The highest BCUT2D eigenvalue weighted by atomic mass is 19.2. The summed E-state index contributed by atoms with van der Waals surface area (Å²) in [7, 11) is 0. The fourth-order valence-electron chi connectivity index (χ4n) is 2.52. The van der Waals surface area contributed by atoms with E-state index in [1.807, 2.05) is 24.4 Å². The van der Waals surface area contributed by atoms with Crippen molar-refractivity contribution in [2.75, 3.05) is 0 Å². The molecule has 0 radical (unpaired) electrons. The second-order valence-corrected chi connectivity index (χ2v) is 5.72. The molecule has 1 aromatic carbocycles. The van der Waals surface area contributed by atoms with Gasteiger partial charge in [0, 0.05) is 6.20 Å². The van der Waals surface area contributed by atoms with Gasteiger partial charge in [0.15, 0.2) is 23.1 Å². The molecule has 2 heterocycles. The minimum Gasteiger partial charge on any atom is -0.332 e. The SMILES string of the molecule is CC(NC(=O)NC(C)c1nnc2ccccn12)c1ccc(F)c(F)c1. The van der Waals surface area contributed by atoms with E-state index in [1.165, 1.54) is 6.07 Å². The van der Waals surface area contributed by atoms with Crippen molar-refractivity contribution >= 4 is 11.7 Å². The quantitative estimate of drug-likeness (QED) is 0.763. The second-order valence-electron chi connectivity index (χ2n) is 5.72. The summed E-state index contributed by atoms with van der Waals surface area (Å²) in [6.07, 6.45) is 1.81. The van der Waals surface area contributed by atoms with Gasteiger partial charge in [-0.1, -0.05) is 12.1 Å². The van der Waals surface area contributed by atoms with Crippen LogP contribution < -0.4 is 10.6 Å². The van der Waals surface area contributed by atoms with Crippen LogP contribution in [0.25, 0.3) is 5.65 Å². The summed E-state index contributed by atoms with van der Waals surface area (Å²) >= 11 is 0. The predicted molar refractivity (Wildman–Crippen MR) is 87.8 cm³/mol. The number of benzene rings is 1. The molecule has 0 aliphatic heterocycles. The van der Waals surface area contributed by atoms with Gasteiger partial charge in [-0.2, -0.15) is 0 Å². The average Bonchev–Trinajstić information content (AvgIpc) is 3.01. The van der Waals surface area contributed by atoms with Crippen molar-refractivity contribution in [3.8, 4) is 0 Å².